The summed E-state index contributed by atoms with van der Waals surface area (Å²) in [5.74, 6) is -13.4. The molecule has 1 aromatic rings. The highest BCUT2D eigenvalue weighted by Gasteiger charge is 2.36. The van der Waals surface area contributed by atoms with E-state index in [0.717, 1.165) is 7.05 Å². The van der Waals surface area contributed by atoms with Gasteiger partial charge >= 0.3 is 5.97 Å². The minimum absolute atomic E-state index is 0.124. The van der Waals surface area contributed by atoms with Crippen molar-refractivity contribution in [3.63, 3.8) is 0 Å². The van der Waals surface area contributed by atoms with Crippen molar-refractivity contribution in [2.45, 2.75) is 31.3 Å². The fraction of sp³-hybridized carbons (Fsp3) is 0.462. The summed E-state index contributed by atoms with van der Waals surface area (Å²) in [4.78, 5) is 9.54. The zero-order valence-corrected chi connectivity index (χ0v) is 13.9. The van der Waals surface area contributed by atoms with Gasteiger partial charge in [0.15, 0.2) is 28.2 Å². The lowest BCUT2D eigenvalue weighted by Gasteiger charge is -2.22. The second kappa shape index (κ2) is 6.63. The first-order chi connectivity index (χ1) is 10.7. The van der Waals surface area contributed by atoms with Crippen LogP contribution in [0.1, 0.15) is 20.8 Å². The van der Waals surface area contributed by atoms with Gasteiger partial charge in [-0.25, -0.2) is 30.4 Å². The molecule has 0 radical (unpaired) electrons. The zero-order chi connectivity index (χ0) is 19.0. The maximum atomic E-state index is 13.6. The van der Waals surface area contributed by atoms with E-state index in [9.17, 15) is 35.2 Å². The largest absolute Gasteiger partial charge is 0.459 e. The third kappa shape index (κ3) is 4.01. The molecule has 0 aliphatic carbocycles. The molecule has 0 bridgehead atoms. The molecule has 0 aliphatic heterocycles. The number of benzene rings is 1. The van der Waals surface area contributed by atoms with Gasteiger partial charge in [0.25, 0.3) is 0 Å². The second-order valence-corrected chi connectivity index (χ2v) is 7.73. The van der Waals surface area contributed by atoms with E-state index in [-0.39, 0.29) is 4.31 Å². The lowest BCUT2D eigenvalue weighted by atomic mass is 10.2. The molecule has 0 fully saturated rings. The molecule has 0 aromatic heterocycles. The summed E-state index contributed by atoms with van der Waals surface area (Å²) >= 11 is 0. The molecule has 0 aliphatic rings. The Morgan fingerprint density at radius 3 is 1.71 bits per heavy atom. The molecule has 0 heterocycles. The Morgan fingerprint density at radius 1 is 0.958 bits per heavy atom. The number of hydrogen-bond donors (Lipinski definition) is 0. The molecule has 0 amide bonds. The van der Waals surface area contributed by atoms with Crippen LogP contribution in [0.25, 0.3) is 0 Å². The highest BCUT2D eigenvalue weighted by molar-refractivity contribution is 7.89. The summed E-state index contributed by atoms with van der Waals surface area (Å²) in [6.45, 7) is 3.48. The fourth-order valence-corrected chi connectivity index (χ4v) is 2.83. The molecule has 5 nitrogen and oxygen atoms in total. The molecule has 0 N–H and O–H groups in total. The molecule has 11 heteroatoms. The Labute approximate surface area is 135 Å². The molecular weight excluding hydrogens is 361 g/mol. The van der Waals surface area contributed by atoms with E-state index in [1.165, 1.54) is 20.8 Å². The highest BCUT2D eigenvalue weighted by atomic mass is 32.2. The average molecular weight is 375 g/mol. The Balaban J connectivity index is 3.29. The molecule has 1 aromatic carbocycles. The summed E-state index contributed by atoms with van der Waals surface area (Å²) in [6.07, 6.45) is 0. The van der Waals surface area contributed by atoms with Crippen molar-refractivity contribution in [1.82, 2.24) is 4.31 Å². The first kappa shape index (κ1) is 20.3. The average Bonchev–Trinajstić information content (AvgIpc) is 2.40. The Morgan fingerprint density at radius 2 is 1.33 bits per heavy atom. The van der Waals surface area contributed by atoms with Crippen molar-refractivity contribution < 1.29 is 39.9 Å². The number of halogens is 5. The number of hydrogen-bond acceptors (Lipinski definition) is 4. The van der Waals surface area contributed by atoms with Crippen molar-refractivity contribution in [3.05, 3.63) is 29.1 Å². The number of carbonyl (C=O) groups is 1. The van der Waals surface area contributed by atoms with E-state index in [4.69, 9.17) is 4.74 Å². The molecule has 0 spiro atoms. The van der Waals surface area contributed by atoms with E-state index in [1.54, 1.807) is 0 Å². The predicted molar refractivity (Wildman–Crippen MR) is 71.9 cm³/mol. The molecule has 0 saturated carbocycles. The van der Waals surface area contributed by atoms with Gasteiger partial charge in [0.2, 0.25) is 15.8 Å². The summed E-state index contributed by atoms with van der Waals surface area (Å²) in [5.41, 5.74) is -0.966. The summed E-state index contributed by atoms with van der Waals surface area (Å²) in [6, 6.07) is 0. The highest BCUT2D eigenvalue weighted by Crippen LogP contribution is 2.28. The third-order valence-electron chi connectivity index (χ3n) is 2.61. The van der Waals surface area contributed by atoms with Gasteiger partial charge in [0.05, 0.1) is 0 Å². The normalized spacial score (nSPS) is 12.6. The standard InChI is InChI=1S/C13H14F5NO4S/c1-13(2,3)23-6(20)5-19(4)24(21,22)12-10(17)8(15)7(14)9(16)11(12)18/h5H2,1-4H3. The van der Waals surface area contributed by atoms with Crippen LogP contribution in [0.3, 0.4) is 0 Å². The number of ether oxygens (including phenoxy) is 1. The van der Waals surface area contributed by atoms with Crippen molar-refractivity contribution in [1.29, 1.82) is 0 Å². The van der Waals surface area contributed by atoms with E-state index < -0.39 is 62.1 Å². The topological polar surface area (TPSA) is 63.7 Å². The SMILES string of the molecule is CN(CC(=O)OC(C)(C)C)S(=O)(=O)c1c(F)c(F)c(F)c(F)c1F. The molecular formula is C13H14F5NO4S. The molecule has 0 unspecified atom stereocenters. The van der Waals surface area contributed by atoms with Crippen LogP contribution < -0.4 is 0 Å². The Kier molecular flexibility index (Phi) is 5.61. The van der Waals surface area contributed by atoms with Crippen LogP contribution in [0.15, 0.2) is 4.90 Å². The first-order valence-electron chi connectivity index (χ1n) is 6.39. The molecule has 24 heavy (non-hydrogen) atoms. The van der Waals surface area contributed by atoms with Gasteiger partial charge < -0.3 is 4.74 Å². The van der Waals surface area contributed by atoms with Crippen LogP contribution in [0.4, 0.5) is 22.0 Å². The monoisotopic (exact) mass is 375 g/mol. The third-order valence-corrected chi connectivity index (χ3v) is 4.43. The Hall–Kier alpha value is -1.75. The smallest absolute Gasteiger partial charge is 0.321 e. The lowest BCUT2D eigenvalue weighted by molar-refractivity contribution is -0.154. The van der Waals surface area contributed by atoms with E-state index in [1.807, 2.05) is 0 Å². The maximum Gasteiger partial charge on any atom is 0.321 e. The van der Waals surface area contributed by atoms with E-state index in [2.05, 4.69) is 0 Å². The number of rotatable bonds is 4. The van der Waals surface area contributed by atoms with Crippen LogP contribution in [0.2, 0.25) is 0 Å². The minimum atomic E-state index is -5.18. The van der Waals surface area contributed by atoms with Crippen molar-refractivity contribution >= 4 is 16.0 Å². The van der Waals surface area contributed by atoms with Crippen molar-refractivity contribution in [2.75, 3.05) is 13.6 Å². The minimum Gasteiger partial charge on any atom is -0.459 e. The predicted octanol–water partition coefficient (Wildman–Crippen LogP) is 2.34. The summed E-state index contributed by atoms with van der Waals surface area (Å²) in [7, 11) is -4.44. The van der Waals surface area contributed by atoms with Crippen LogP contribution in [0.5, 0.6) is 0 Å². The van der Waals surface area contributed by atoms with Crippen LogP contribution in [0, 0.1) is 29.1 Å². The number of esters is 1. The number of nitrogens with zero attached hydrogens (tertiary/aromatic N) is 1. The maximum absolute atomic E-state index is 13.6. The number of likely N-dealkylation sites (N-methyl/N-ethyl adjacent to an activating group) is 1. The van der Waals surface area contributed by atoms with Gasteiger partial charge in [-0.15, -0.1) is 0 Å². The molecule has 136 valence electrons. The van der Waals surface area contributed by atoms with Crippen molar-refractivity contribution in [2.24, 2.45) is 0 Å². The zero-order valence-electron chi connectivity index (χ0n) is 13.1. The quantitative estimate of drug-likeness (QED) is 0.351. The van der Waals surface area contributed by atoms with E-state index >= 15 is 0 Å². The van der Waals surface area contributed by atoms with Gasteiger partial charge in [0.1, 0.15) is 12.1 Å². The Bertz CT molecular complexity index is 745. The van der Waals surface area contributed by atoms with Crippen molar-refractivity contribution in [3.8, 4) is 0 Å². The van der Waals surface area contributed by atoms with Gasteiger partial charge in [-0.1, -0.05) is 0 Å². The second-order valence-electron chi connectivity index (χ2n) is 5.75. The van der Waals surface area contributed by atoms with Gasteiger partial charge in [0, 0.05) is 7.05 Å². The van der Waals surface area contributed by atoms with Crippen LogP contribution >= 0.6 is 0 Å². The van der Waals surface area contributed by atoms with Crippen LogP contribution in [-0.2, 0) is 19.6 Å². The van der Waals surface area contributed by atoms with Gasteiger partial charge in [-0.3, -0.25) is 4.79 Å². The molecule has 1 rings (SSSR count). The lowest BCUT2D eigenvalue weighted by Crippen LogP contribution is -2.37. The molecule has 0 atom stereocenters. The fourth-order valence-electron chi connectivity index (χ4n) is 1.61. The molecule has 0 saturated heterocycles. The van der Waals surface area contributed by atoms with Gasteiger partial charge in [-0.2, -0.15) is 4.31 Å². The van der Waals surface area contributed by atoms with E-state index in [0.29, 0.717) is 0 Å². The number of carbonyl (C=O) groups excluding carboxylic acids is 1. The summed E-state index contributed by atoms with van der Waals surface area (Å²) in [5, 5.41) is 0. The number of sulfonamides is 1. The van der Waals surface area contributed by atoms with Crippen LogP contribution in [-0.4, -0.2) is 37.9 Å². The first-order valence-corrected chi connectivity index (χ1v) is 7.83. The van der Waals surface area contributed by atoms with Gasteiger partial charge in [-0.05, 0) is 20.8 Å². The summed E-state index contributed by atoms with van der Waals surface area (Å²) < 4.78 is 95.6.